The summed E-state index contributed by atoms with van der Waals surface area (Å²) in [6.45, 7) is 1.82. The molecular formula is C21H25ClN4O4S. The number of halogens is 1. The predicted molar refractivity (Wildman–Crippen MR) is 117 cm³/mol. The molecule has 0 spiro atoms. The lowest BCUT2D eigenvalue weighted by Crippen LogP contribution is -2.43. The van der Waals surface area contributed by atoms with E-state index in [9.17, 15) is 18.0 Å². The molecule has 1 atom stereocenters. The highest BCUT2D eigenvalue weighted by molar-refractivity contribution is 7.89. The number of hydrogen-bond acceptors (Lipinski definition) is 4. The van der Waals surface area contributed by atoms with Crippen molar-refractivity contribution in [3.63, 3.8) is 0 Å². The van der Waals surface area contributed by atoms with E-state index in [0.717, 1.165) is 12.8 Å². The minimum absolute atomic E-state index is 0.0498. The van der Waals surface area contributed by atoms with Crippen LogP contribution in [-0.4, -0.2) is 60.6 Å². The number of aromatic amines is 1. The number of H-pyrrole nitrogens is 1. The van der Waals surface area contributed by atoms with Gasteiger partial charge in [-0.3, -0.25) is 9.59 Å². The maximum absolute atomic E-state index is 13.1. The van der Waals surface area contributed by atoms with Gasteiger partial charge in [-0.2, -0.15) is 4.31 Å². The molecule has 2 N–H and O–H groups in total. The van der Waals surface area contributed by atoms with Crippen LogP contribution < -0.4 is 5.32 Å². The number of sulfonamides is 1. The first-order chi connectivity index (χ1) is 14.8. The van der Waals surface area contributed by atoms with E-state index in [4.69, 9.17) is 11.6 Å². The lowest BCUT2D eigenvalue weighted by Gasteiger charge is -2.30. The van der Waals surface area contributed by atoms with Gasteiger partial charge in [-0.15, -0.1) is 0 Å². The molecule has 166 valence electrons. The highest BCUT2D eigenvalue weighted by atomic mass is 35.5. The summed E-state index contributed by atoms with van der Waals surface area (Å²) in [5.74, 6) is -0.858. The molecule has 4 rings (SSSR count). The van der Waals surface area contributed by atoms with Crippen LogP contribution in [0.15, 0.2) is 41.4 Å². The molecule has 1 aromatic carbocycles. The van der Waals surface area contributed by atoms with E-state index in [-0.39, 0.29) is 28.9 Å². The number of rotatable bonds is 5. The summed E-state index contributed by atoms with van der Waals surface area (Å²) in [7, 11) is -3.81. The van der Waals surface area contributed by atoms with Crippen LogP contribution >= 0.6 is 11.6 Å². The fourth-order valence-electron chi connectivity index (χ4n) is 4.04. The fraction of sp³-hybridized carbons (Fsp3) is 0.429. The van der Waals surface area contributed by atoms with Crippen molar-refractivity contribution in [3.05, 3.63) is 47.2 Å². The van der Waals surface area contributed by atoms with Gasteiger partial charge in [-0.1, -0.05) is 11.6 Å². The van der Waals surface area contributed by atoms with Crippen LogP contribution in [0.1, 0.15) is 36.2 Å². The summed E-state index contributed by atoms with van der Waals surface area (Å²) in [6.07, 6.45) is 4.48. The SMILES string of the molecule is O=C(Nc1ccc(Cl)cc1)[C@H]1CCCN(S(=O)(=O)c2c[nH]c(C(=O)N3CCCC3)c2)C1. The van der Waals surface area contributed by atoms with Crippen molar-refractivity contribution in [1.82, 2.24) is 14.2 Å². The topological polar surface area (TPSA) is 103 Å². The van der Waals surface area contributed by atoms with E-state index in [1.54, 1.807) is 29.2 Å². The molecule has 2 amide bonds. The van der Waals surface area contributed by atoms with Crippen molar-refractivity contribution in [2.45, 2.75) is 30.6 Å². The first-order valence-electron chi connectivity index (χ1n) is 10.4. The molecule has 0 bridgehead atoms. The third-order valence-corrected chi connectivity index (χ3v) is 7.88. The Labute approximate surface area is 186 Å². The quantitative estimate of drug-likeness (QED) is 0.710. The maximum atomic E-state index is 13.1. The highest BCUT2D eigenvalue weighted by Crippen LogP contribution is 2.26. The molecule has 2 saturated heterocycles. The van der Waals surface area contributed by atoms with Gasteiger partial charge in [0.2, 0.25) is 15.9 Å². The number of anilines is 1. The van der Waals surface area contributed by atoms with Gasteiger partial charge in [0, 0.05) is 43.1 Å². The van der Waals surface area contributed by atoms with E-state index in [0.29, 0.717) is 43.2 Å². The number of likely N-dealkylation sites (tertiary alicyclic amines) is 1. The summed E-state index contributed by atoms with van der Waals surface area (Å²) in [6, 6.07) is 8.17. The zero-order valence-electron chi connectivity index (χ0n) is 17.0. The number of amides is 2. The standard InChI is InChI=1S/C21H25ClN4O4S/c22-16-5-7-17(8-6-16)24-20(27)15-4-3-11-26(14-15)31(29,30)18-12-19(23-13-18)21(28)25-9-1-2-10-25/h5-8,12-13,15,23H,1-4,9-11,14H2,(H,24,27)/t15-/m0/s1. The maximum Gasteiger partial charge on any atom is 0.270 e. The van der Waals surface area contributed by atoms with Crippen LogP contribution in [0.5, 0.6) is 0 Å². The van der Waals surface area contributed by atoms with Gasteiger partial charge < -0.3 is 15.2 Å². The summed E-state index contributed by atoms with van der Waals surface area (Å²) < 4.78 is 27.6. The Morgan fingerprint density at radius 2 is 1.77 bits per heavy atom. The Morgan fingerprint density at radius 3 is 2.48 bits per heavy atom. The molecule has 2 aliphatic heterocycles. The van der Waals surface area contributed by atoms with Crippen LogP contribution in [-0.2, 0) is 14.8 Å². The minimum atomic E-state index is -3.81. The molecule has 2 aromatic rings. The molecule has 0 aliphatic carbocycles. The zero-order chi connectivity index (χ0) is 22.0. The molecule has 0 radical (unpaired) electrons. The number of piperidine rings is 1. The number of nitrogens with zero attached hydrogens (tertiary/aromatic N) is 2. The lowest BCUT2D eigenvalue weighted by atomic mass is 9.99. The Hall–Kier alpha value is -2.36. The second-order valence-electron chi connectivity index (χ2n) is 7.95. The molecule has 8 nitrogen and oxygen atoms in total. The van der Waals surface area contributed by atoms with Gasteiger partial charge in [0.1, 0.15) is 10.6 Å². The third-order valence-electron chi connectivity index (χ3n) is 5.78. The van der Waals surface area contributed by atoms with Crippen LogP contribution in [0.4, 0.5) is 5.69 Å². The zero-order valence-corrected chi connectivity index (χ0v) is 18.6. The molecule has 1 aromatic heterocycles. The molecule has 0 saturated carbocycles. The third kappa shape index (κ3) is 4.78. The summed E-state index contributed by atoms with van der Waals surface area (Å²) in [4.78, 5) is 29.8. The number of aromatic nitrogens is 1. The summed E-state index contributed by atoms with van der Waals surface area (Å²) >= 11 is 5.87. The number of benzene rings is 1. The first kappa shape index (κ1) is 21.9. The Kier molecular flexibility index (Phi) is 6.36. The number of carbonyl (C=O) groups excluding carboxylic acids is 2. The van der Waals surface area contributed by atoms with Crippen molar-refractivity contribution in [3.8, 4) is 0 Å². The van der Waals surface area contributed by atoms with Crippen molar-refractivity contribution in [2.75, 3.05) is 31.5 Å². The summed E-state index contributed by atoms with van der Waals surface area (Å²) in [5, 5.41) is 3.40. The van der Waals surface area contributed by atoms with Crippen LogP contribution in [0, 0.1) is 5.92 Å². The molecule has 3 heterocycles. The number of hydrogen-bond donors (Lipinski definition) is 2. The molecule has 2 fully saturated rings. The fourth-order valence-corrected chi connectivity index (χ4v) is 5.68. The van der Waals surface area contributed by atoms with Crippen molar-refractivity contribution in [1.29, 1.82) is 0 Å². The van der Waals surface area contributed by atoms with Crippen molar-refractivity contribution < 1.29 is 18.0 Å². The van der Waals surface area contributed by atoms with Gasteiger partial charge in [0.15, 0.2) is 0 Å². The average Bonchev–Trinajstić information content (AvgIpc) is 3.48. The smallest absolute Gasteiger partial charge is 0.270 e. The number of carbonyl (C=O) groups is 2. The van der Waals surface area contributed by atoms with Crippen LogP contribution in [0.25, 0.3) is 0 Å². The van der Waals surface area contributed by atoms with Gasteiger partial charge in [0.05, 0.1) is 5.92 Å². The molecular weight excluding hydrogens is 440 g/mol. The van der Waals surface area contributed by atoms with Crippen molar-refractivity contribution >= 4 is 39.1 Å². The first-order valence-corrected chi connectivity index (χ1v) is 12.2. The molecule has 31 heavy (non-hydrogen) atoms. The van der Waals surface area contributed by atoms with Crippen molar-refractivity contribution in [2.24, 2.45) is 5.92 Å². The van der Waals surface area contributed by atoms with E-state index in [1.807, 2.05) is 0 Å². The van der Waals surface area contributed by atoms with Gasteiger partial charge in [-0.05, 0) is 56.0 Å². The van der Waals surface area contributed by atoms with E-state index in [1.165, 1.54) is 16.6 Å². The van der Waals surface area contributed by atoms with Crippen LogP contribution in [0.2, 0.25) is 5.02 Å². The van der Waals surface area contributed by atoms with E-state index >= 15 is 0 Å². The number of nitrogens with one attached hydrogen (secondary N) is 2. The molecule has 2 aliphatic rings. The average molecular weight is 465 g/mol. The largest absolute Gasteiger partial charge is 0.356 e. The lowest BCUT2D eigenvalue weighted by molar-refractivity contribution is -0.120. The molecule has 10 heteroatoms. The molecule has 0 unspecified atom stereocenters. The van der Waals surface area contributed by atoms with E-state index in [2.05, 4.69) is 10.3 Å². The van der Waals surface area contributed by atoms with E-state index < -0.39 is 15.9 Å². The Morgan fingerprint density at radius 1 is 1.06 bits per heavy atom. The minimum Gasteiger partial charge on any atom is -0.356 e. The van der Waals surface area contributed by atoms with Gasteiger partial charge >= 0.3 is 0 Å². The second kappa shape index (κ2) is 9.02. The van der Waals surface area contributed by atoms with Crippen LogP contribution in [0.3, 0.4) is 0 Å². The summed E-state index contributed by atoms with van der Waals surface area (Å²) in [5.41, 5.74) is 0.889. The van der Waals surface area contributed by atoms with Gasteiger partial charge in [-0.25, -0.2) is 8.42 Å². The van der Waals surface area contributed by atoms with Gasteiger partial charge in [0.25, 0.3) is 5.91 Å². The highest BCUT2D eigenvalue weighted by Gasteiger charge is 2.34. The monoisotopic (exact) mass is 464 g/mol. The normalized spacial score (nSPS) is 20.0. The Balaban J connectivity index is 1.44. The predicted octanol–water partition coefficient (Wildman–Crippen LogP) is 2.94. The second-order valence-corrected chi connectivity index (χ2v) is 10.3. The Bertz CT molecular complexity index is 1060.